The first-order valence-electron chi connectivity index (χ1n) is 12.6. The summed E-state index contributed by atoms with van der Waals surface area (Å²) in [5, 5.41) is 11.0. The molecule has 0 saturated carbocycles. The van der Waals surface area contributed by atoms with Gasteiger partial charge >= 0.3 is 0 Å². The SMILES string of the molecule is COc1cc(NC(=O)C2=C(C)Nc3ncnn3[C@H]2c2ccc(OCc3c(F)cccc3Cl)c(OC)c2)c(OC)cc1Cl. The molecule has 1 aliphatic heterocycles. The number of carbonyl (C=O) groups excluding carboxylic acids is 1. The lowest BCUT2D eigenvalue weighted by atomic mass is 9.94. The number of halogens is 3. The van der Waals surface area contributed by atoms with Crippen molar-refractivity contribution in [3.8, 4) is 23.0 Å². The first kappa shape index (κ1) is 29.0. The number of nitrogens with zero attached hydrogens (tertiary/aromatic N) is 3. The Morgan fingerprint density at radius 3 is 2.48 bits per heavy atom. The van der Waals surface area contributed by atoms with Gasteiger partial charge in [-0.1, -0.05) is 35.3 Å². The molecule has 3 aromatic carbocycles. The molecule has 218 valence electrons. The van der Waals surface area contributed by atoms with E-state index in [0.29, 0.717) is 56.5 Å². The number of fused-ring (bicyclic) bond motifs is 1. The number of hydrogen-bond donors (Lipinski definition) is 2. The second kappa shape index (κ2) is 12.2. The number of carbonyl (C=O) groups is 1. The average Bonchev–Trinajstić information content (AvgIpc) is 3.44. The van der Waals surface area contributed by atoms with E-state index in [0.717, 1.165) is 0 Å². The maximum atomic E-state index is 14.3. The van der Waals surface area contributed by atoms with Crippen LogP contribution in [0.3, 0.4) is 0 Å². The highest BCUT2D eigenvalue weighted by Gasteiger charge is 2.34. The molecule has 0 radical (unpaired) electrons. The van der Waals surface area contributed by atoms with Crippen molar-refractivity contribution in [2.75, 3.05) is 32.0 Å². The van der Waals surface area contributed by atoms with Crippen LogP contribution < -0.4 is 29.6 Å². The highest BCUT2D eigenvalue weighted by Crippen LogP contribution is 2.41. The Balaban J connectivity index is 1.50. The highest BCUT2D eigenvalue weighted by atomic mass is 35.5. The fourth-order valence-electron chi connectivity index (χ4n) is 4.63. The first-order valence-corrected chi connectivity index (χ1v) is 13.3. The van der Waals surface area contributed by atoms with Crippen LogP contribution in [-0.2, 0) is 11.4 Å². The minimum absolute atomic E-state index is 0.110. The number of aromatic nitrogens is 3. The van der Waals surface area contributed by atoms with Gasteiger partial charge in [0.2, 0.25) is 5.95 Å². The van der Waals surface area contributed by atoms with Crippen LogP contribution >= 0.6 is 23.2 Å². The summed E-state index contributed by atoms with van der Waals surface area (Å²) in [6.07, 6.45) is 1.39. The monoisotopic (exact) mass is 613 g/mol. The van der Waals surface area contributed by atoms with E-state index in [1.165, 1.54) is 39.8 Å². The van der Waals surface area contributed by atoms with Crippen LogP contribution in [0.2, 0.25) is 10.0 Å². The number of methoxy groups -OCH3 is 3. The van der Waals surface area contributed by atoms with Crippen molar-refractivity contribution in [2.45, 2.75) is 19.6 Å². The van der Waals surface area contributed by atoms with Crippen molar-refractivity contribution in [3.05, 3.63) is 93.1 Å². The van der Waals surface area contributed by atoms with E-state index >= 15 is 0 Å². The van der Waals surface area contributed by atoms with Gasteiger partial charge in [-0.05, 0) is 36.8 Å². The number of ether oxygens (including phenoxy) is 4. The van der Waals surface area contributed by atoms with Crippen LogP contribution in [0, 0.1) is 5.82 Å². The molecule has 1 aromatic heterocycles. The summed E-state index contributed by atoms with van der Waals surface area (Å²) in [5.74, 6) is 0.993. The molecule has 0 unspecified atom stereocenters. The van der Waals surface area contributed by atoms with E-state index in [1.54, 1.807) is 48.0 Å². The van der Waals surface area contributed by atoms with Gasteiger partial charge in [-0.3, -0.25) is 4.79 Å². The number of amides is 1. The molecule has 0 bridgehead atoms. The van der Waals surface area contributed by atoms with Gasteiger partial charge in [-0.15, -0.1) is 0 Å². The third-order valence-electron chi connectivity index (χ3n) is 6.70. The van der Waals surface area contributed by atoms with Crippen molar-refractivity contribution in [1.29, 1.82) is 0 Å². The largest absolute Gasteiger partial charge is 0.495 e. The number of benzene rings is 3. The lowest BCUT2D eigenvalue weighted by Crippen LogP contribution is -2.31. The van der Waals surface area contributed by atoms with Crippen molar-refractivity contribution in [2.24, 2.45) is 0 Å². The third kappa shape index (κ3) is 5.53. The van der Waals surface area contributed by atoms with Crippen LogP contribution in [0.1, 0.15) is 24.1 Å². The van der Waals surface area contributed by atoms with Gasteiger partial charge in [-0.25, -0.2) is 9.07 Å². The Bertz CT molecular complexity index is 1670. The van der Waals surface area contributed by atoms with Crippen LogP contribution in [0.5, 0.6) is 23.0 Å². The Labute approximate surface area is 251 Å². The fraction of sp³-hybridized carbons (Fsp3) is 0.207. The Kier molecular flexibility index (Phi) is 8.41. The Morgan fingerprint density at radius 1 is 1.00 bits per heavy atom. The van der Waals surface area contributed by atoms with Gasteiger partial charge in [0.05, 0.1) is 42.6 Å². The van der Waals surface area contributed by atoms with E-state index in [2.05, 4.69) is 20.7 Å². The molecule has 0 fully saturated rings. The number of anilines is 2. The summed E-state index contributed by atoms with van der Waals surface area (Å²) in [7, 11) is 4.44. The van der Waals surface area contributed by atoms with Gasteiger partial charge in [0, 0.05) is 23.4 Å². The second-order valence-electron chi connectivity index (χ2n) is 9.13. The lowest BCUT2D eigenvalue weighted by Gasteiger charge is -2.29. The van der Waals surface area contributed by atoms with Gasteiger partial charge in [0.1, 0.15) is 36.3 Å². The van der Waals surface area contributed by atoms with Crippen LogP contribution in [0.4, 0.5) is 16.0 Å². The van der Waals surface area contributed by atoms with Gasteiger partial charge in [0.15, 0.2) is 11.5 Å². The maximum absolute atomic E-state index is 14.3. The Morgan fingerprint density at radius 2 is 1.76 bits per heavy atom. The van der Waals surface area contributed by atoms with Crippen molar-refractivity contribution < 1.29 is 28.1 Å². The van der Waals surface area contributed by atoms with Crippen molar-refractivity contribution in [3.63, 3.8) is 0 Å². The van der Waals surface area contributed by atoms with E-state index in [-0.39, 0.29) is 17.2 Å². The van der Waals surface area contributed by atoms with E-state index in [4.69, 9.17) is 42.1 Å². The van der Waals surface area contributed by atoms with E-state index in [9.17, 15) is 9.18 Å². The van der Waals surface area contributed by atoms with Crippen LogP contribution in [0.25, 0.3) is 0 Å². The maximum Gasteiger partial charge on any atom is 0.255 e. The molecule has 13 heteroatoms. The molecule has 2 N–H and O–H groups in total. The first-order chi connectivity index (χ1) is 20.2. The Hall–Kier alpha value is -4.48. The predicted octanol–water partition coefficient (Wildman–Crippen LogP) is 6.26. The van der Waals surface area contributed by atoms with Crippen LogP contribution in [0.15, 0.2) is 66.1 Å². The molecule has 10 nitrogen and oxygen atoms in total. The number of allylic oxidation sites excluding steroid dienone is 1. The van der Waals surface area contributed by atoms with Gasteiger partial charge in [-0.2, -0.15) is 10.1 Å². The van der Waals surface area contributed by atoms with E-state index < -0.39 is 17.8 Å². The molecule has 4 aromatic rings. The number of rotatable bonds is 9. The zero-order valence-corrected chi connectivity index (χ0v) is 24.5. The molecule has 42 heavy (non-hydrogen) atoms. The summed E-state index contributed by atoms with van der Waals surface area (Å²) < 4.78 is 38.1. The average molecular weight is 614 g/mol. The summed E-state index contributed by atoms with van der Waals surface area (Å²) in [5.41, 5.74) is 2.16. The third-order valence-corrected chi connectivity index (χ3v) is 7.35. The molecule has 1 aliphatic rings. The molecule has 1 amide bonds. The summed E-state index contributed by atoms with van der Waals surface area (Å²) in [6.45, 7) is 1.66. The van der Waals surface area contributed by atoms with Gasteiger partial charge < -0.3 is 29.6 Å². The summed E-state index contributed by atoms with van der Waals surface area (Å²) in [4.78, 5) is 18.2. The topological polar surface area (TPSA) is 109 Å². The summed E-state index contributed by atoms with van der Waals surface area (Å²) >= 11 is 12.4. The summed E-state index contributed by atoms with van der Waals surface area (Å²) in [6, 6.07) is 12.0. The normalized spacial score (nSPS) is 14.1. The number of nitrogens with one attached hydrogen (secondary N) is 2. The lowest BCUT2D eigenvalue weighted by molar-refractivity contribution is -0.113. The molecular weight excluding hydrogens is 588 g/mol. The fourth-order valence-corrected chi connectivity index (χ4v) is 5.08. The standard InChI is InChI=1S/C29H26Cl2FN5O5/c1-15-26(28(38)36-21-12-23(39-2)19(31)11-24(21)40-3)27(37-29(35-15)33-14-34-37)16-8-9-22(25(10-16)41-4)42-13-17-18(30)6-5-7-20(17)32/h5-12,14,27H,13H2,1-4H3,(H,36,38)(H,33,34,35)/t27-/m0/s1. The molecule has 0 aliphatic carbocycles. The van der Waals surface area contributed by atoms with E-state index in [1.807, 2.05) is 0 Å². The zero-order chi connectivity index (χ0) is 30.0. The van der Waals surface area contributed by atoms with Gasteiger partial charge in [0.25, 0.3) is 5.91 Å². The zero-order valence-electron chi connectivity index (χ0n) is 23.0. The molecule has 1 atom stereocenters. The second-order valence-corrected chi connectivity index (χ2v) is 9.95. The predicted molar refractivity (Wildman–Crippen MR) is 156 cm³/mol. The highest BCUT2D eigenvalue weighted by molar-refractivity contribution is 6.32. The quantitative estimate of drug-likeness (QED) is 0.228. The smallest absolute Gasteiger partial charge is 0.255 e. The van der Waals surface area contributed by atoms with Crippen molar-refractivity contribution >= 4 is 40.7 Å². The van der Waals surface area contributed by atoms with Crippen molar-refractivity contribution in [1.82, 2.24) is 14.8 Å². The minimum atomic E-state index is -0.701. The molecule has 0 saturated heterocycles. The van der Waals surface area contributed by atoms with Crippen LogP contribution in [-0.4, -0.2) is 42.0 Å². The molecule has 5 rings (SSSR count). The molecule has 0 spiro atoms. The molecule has 2 heterocycles. The minimum Gasteiger partial charge on any atom is -0.495 e. The molecular formula is C29H26Cl2FN5O5. The number of hydrogen-bond acceptors (Lipinski definition) is 8.